The van der Waals surface area contributed by atoms with Crippen LogP contribution in [0.2, 0.25) is 0 Å². The second-order valence-corrected chi connectivity index (χ2v) is 6.74. The van der Waals surface area contributed by atoms with Crippen LogP contribution in [0.25, 0.3) is 0 Å². The van der Waals surface area contributed by atoms with Crippen molar-refractivity contribution >= 4 is 0 Å². The summed E-state index contributed by atoms with van der Waals surface area (Å²) in [6.45, 7) is 19.7. The van der Waals surface area contributed by atoms with E-state index in [1.807, 2.05) is 13.8 Å². The molecule has 0 bridgehead atoms. The van der Waals surface area contributed by atoms with Gasteiger partial charge < -0.3 is 0 Å². The van der Waals surface area contributed by atoms with Gasteiger partial charge in [0.25, 0.3) is 0 Å². The number of hydrogen-bond donors (Lipinski definition) is 0. The van der Waals surface area contributed by atoms with Gasteiger partial charge in [0.05, 0.1) is 0 Å². The molecule has 1 heteroatoms. The summed E-state index contributed by atoms with van der Waals surface area (Å²) in [5.41, 5.74) is 6.00. The highest BCUT2D eigenvalue weighted by molar-refractivity contribution is 5.38. The van der Waals surface area contributed by atoms with E-state index in [1.165, 1.54) is 69.0 Å². The van der Waals surface area contributed by atoms with Gasteiger partial charge in [-0.3, -0.25) is 4.98 Å². The molecule has 1 aromatic heterocycles. The fraction of sp³-hybridized carbons (Fsp3) is 0.792. The molecule has 1 rings (SSSR count). The third kappa shape index (κ3) is 10.0. The van der Waals surface area contributed by atoms with Crippen molar-refractivity contribution in [3.8, 4) is 0 Å². The molecule has 0 spiro atoms. The van der Waals surface area contributed by atoms with E-state index in [-0.39, 0.29) is 0 Å². The molecule has 1 nitrogen and oxygen atoms in total. The molecule has 0 aliphatic carbocycles. The van der Waals surface area contributed by atoms with E-state index < -0.39 is 0 Å². The Balaban J connectivity index is 0. The first-order valence-corrected chi connectivity index (χ1v) is 11.1. The van der Waals surface area contributed by atoms with Crippen molar-refractivity contribution in [2.75, 3.05) is 0 Å². The van der Waals surface area contributed by atoms with Crippen molar-refractivity contribution in [2.45, 2.75) is 126 Å². The van der Waals surface area contributed by atoms with Crippen LogP contribution in [0.3, 0.4) is 0 Å². The molecule has 1 heterocycles. The number of aryl methyl sites for hydroxylation is 1. The van der Waals surface area contributed by atoms with Gasteiger partial charge in [0, 0.05) is 17.8 Å². The summed E-state index contributed by atoms with van der Waals surface area (Å²) < 4.78 is 0. The number of aromatic nitrogens is 1. The topological polar surface area (TPSA) is 12.9 Å². The molecular weight excluding hydrogens is 302 g/mol. The quantitative estimate of drug-likeness (QED) is 0.436. The maximum Gasteiger partial charge on any atom is 0.0469 e. The summed E-state index contributed by atoms with van der Waals surface area (Å²) in [5, 5.41) is 0. The third-order valence-electron chi connectivity index (χ3n) is 4.34. The molecule has 0 saturated carbocycles. The van der Waals surface area contributed by atoms with Crippen molar-refractivity contribution in [1.29, 1.82) is 0 Å². The van der Waals surface area contributed by atoms with Crippen LogP contribution in [0, 0.1) is 6.92 Å². The van der Waals surface area contributed by atoms with E-state index in [0.717, 1.165) is 0 Å². The fourth-order valence-corrected chi connectivity index (χ4v) is 3.18. The standard InChI is InChI=1S/C19H33N.C3H8.C2H6/c1-6-10-13-17-15(5)14-20-19(18(17)12-8-3)16(9-4)11-7-2;1-3-2;1-2/h14,16H,6-13H2,1-5H3;3H2,1-2H3;1-2H3. The molecule has 0 amide bonds. The minimum atomic E-state index is 0.655. The Hall–Kier alpha value is -0.850. The first-order valence-electron chi connectivity index (χ1n) is 11.1. The van der Waals surface area contributed by atoms with Crippen molar-refractivity contribution in [3.05, 3.63) is 28.6 Å². The monoisotopic (exact) mass is 349 g/mol. The third-order valence-corrected chi connectivity index (χ3v) is 4.34. The van der Waals surface area contributed by atoms with E-state index in [2.05, 4.69) is 54.7 Å². The van der Waals surface area contributed by atoms with Crippen molar-refractivity contribution in [1.82, 2.24) is 4.98 Å². The summed E-state index contributed by atoms with van der Waals surface area (Å²) in [6, 6.07) is 0. The SMILES string of the molecule is CC.CCC.CCCCc1c(C)cnc(C(CC)CCC)c1CCC. The lowest BCUT2D eigenvalue weighted by Crippen LogP contribution is -2.10. The van der Waals surface area contributed by atoms with Crippen LogP contribution in [0.5, 0.6) is 0 Å². The van der Waals surface area contributed by atoms with Crippen LogP contribution >= 0.6 is 0 Å². The van der Waals surface area contributed by atoms with E-state index >= 15 is 0 Å². The van der Waals surface area contributed by atoms with Crippen LogP contribution in [-0.2, 0) is 12.8 Å². The summed E-state index contributed by atoms with van der Waals surface area (Å²) in [6.07, 6.45) is 13.3. The highest BCUT2D eigenvalue weighted by atomic mass is 14.7. The van der Waals surface area contributed by atoms with Gasteiger partial charge in [0.15, 0.2) is 0 Å². The van der Waals surface area contributed by atoms with Crippen LogP contribution < -0.4 is 0 Å². The lowest BCUT2D eigenvalue weighted by atomic mass is 9.86. The van der Waals surface area contributed by atoms with Crippen molar-refractivity contribution < 1.29 is 0 Å². The fourth-order valence-electron chi connectivity index (χ4n) is 3.18. The first-order chi connectivity index (χ1) is 12.1. The Bertz CT molecular complexity index is 409. The molecule has 148 valence electrons. The Kier molecular flexibility index (Phi) is 18.9. The Morgan fingerprint density at radius 3 is 1.88 bits per heavy atom. The predicted octanol–water partition coefficient (Wildman–Crippen LogP) is 8.42. The molecule has 0 aromatic carbocycles. The molecule has 1 atom stereocenters. The highest BCUT2D eigenvalue weighted by Gasteiger charge is 2.18. The molecule has 0 fully saturated rings. The van der Waals surface area contributed by atoms with Gasteiger partial charge in [-0.1, -0.05) is 81.1 Å². The normalized spacial score (nSPS) is 11.1. The largest absolute Gasteiger partial charge is 0.260 e. The smallest absolute Gasteiger partial charge is 0.0469 e. The number of nitrogens with zero attached hydrogens (tertiary/aromatic N) is 1. The molecule has 0 radical (unpaired) electrons. The second-order valence-electron chi connectivity index (χ2n) is 6.74. The summed E-state index contributed by atoms with van der Waals surface area (Å²) in [5.74, 6) is 0.655. The average molecular weight is 350 g/mol. The van der Waals surface area contributed by atoms with Gasteiger partial charge in [-0.2, -0.15) is 0 Å². The van der Waals surface area contributed by atoms with Crippen molar-refractivity contribution in [3.63, 3.8) is 0 Å². The van der Waals surface area contributed by atoms with E-state index in [1.54, 1.807) is 11.1 Å². The highest BCUT2D eigenvalue weighted by Crippen LogP contribution is 2.30. The van der Waals surface area contributed by atoms with Gasteiger partial charge in [-0.05, 0) is 55.7 Å². The van der Waals surface area contributed by atoms with Crippen LogP contribution in [0.4, 0.5) is 0 Å². The Morgan fingerprint density at radius 2 is 1.44 bits per heavy atom. The van der Waals surface area contributed by atoms with E-state index in [9.17, 15) is 0 Å². The molecule has 25 heavy (non-hydrogen) atoms. The molecule has 1 aromatic rings. The minimum absolute atomic E-state index is 0.655. The first kappa shape index (κ1) is 26.4. The predicted molar refractivity (Wildman–Crippen MR) is 117 cm³/mol. The molecule has 0 N–H and O–H groups in total. The van der Waals surface area contributed by atoms with Gasteiger partial charge in [0.2, 0.25) is 0 Å². The summed E-state index contributed by atoms with van der Waals surface area (Å²) >= 11 is 0. The zero-order valence-corrected chi connectivity index (χ0v) is 19.0. The molecule has 0 saturated heterocycles. The van der Waals surface area contributed by atoms with Crippen LogP contribution in [0.15, 0.2) is 6.20 Å². The van der Waals surface area contributed by atoms with Crippen molar-refractivity contribution in [2.24, 2.45) is 0 Å². The maximum absolute atomic E-state index is 4.86. The van der Waals surface area contributed by atoms with E-state index in [4.69, 9.17) is 4.98 Å². The lowest BCUT2D eigenvalue weighted by molar-refractivity contribution is 0.571. The second kappa shape index (κ2) is 18.0. The van der Waals surface area contributed by atoms with Gasteiger partial charge in [-0.25, -0.2) is 0 Å². The number of hydrogen-bond acceptors (Lipinski definition) is 1. The molecule has 1 unspecified atom stereocenters. The van der Waals surface area contributed by atoms with Gasteiger partial charge in [0.1, 0.15) is 0 Å². The summed E-state index contributed by atoms with van der Waals surface area (Å²) in [4.78, 5) is 4.86. The summed E-state index contributed by atoms with van der Waals surface area (Å²) in [7, 11) is 0. The Labute approximate surface area is 160 Å². The Morgan fingerprint density at radius 1 is 0.840 bits per heavy atom. The van der Waals surface area contributed by atoms with E-state index in [0.29, 0.717) is 5.92 Å². The number of rotatable bonds is 9. The number of unbranched alkanes of at least 4 members (excludes halogenated alkanes) is 1. The molecular formula is C24H47N. The minimum Gasteiger partial charge on any atom is -0.260 e. The zero-order chi connectivity index (χ0) is 19.7. The van der Waals surface area contributed by atoms with Crippen LogP contribution in [0.1, 0.15) is 129 Å². The molecule has 0 aliphatic heterocycles. The lowest BCUT2D eigenvalue weighted by Gasteiger charge is -2.21. The maximum atomic E-state index is 4.86. The number of pyridine rings is 1. The average Bonchev–Trinajstić information content (AvgIpc) is 2.62. The van der Waals surface area contributed by atoms with Crippen LogP contribution in [-0.4, -0.2) is 4.98 Å². The van der Waals surface area contributed by atoms with Gasteiger partial charge >= 0.3 is 0 Å². The zero-order valence-electron chi connectivity index (χ0n) is 19.0. The van der Waals surface area contributed by atoms with Gasteiger partial charge in [-0.15, -0.1) is 0 Å². The molecule has 0 aliphatic rings.